The van der Waals surface area contributed by atoms with Gasteiger partial charge in [-0.05, 0) is 31.2 Å². The molecule has 0 spiro atoms. The second-order valence-electron chi connectivity index (χ2n) is 6.86. The van der Waals surface area contributed by atoms with E-state index in [0.29, 0.717) is 28.3 Å². The highest BCUT2D eigenvalue weighted by Gasteiger charge is 2.26. The van der Waals surface area contributed by atoms with Crippen molar-refractivity contribution < 1.29 is 18.7 Å². The minimum atomic E-state index is -0.858. The highest BCUT2D eigenvalue weighted by atomic mass is 19.1. The molecule has 1 aromatic carbocycles. The number of fused-ring (bicyclic) bond motifs is 2. The number of benzene rings is 1. The van der Waals surface area contributed by atoms with Gasteiger partial charge in [-0.2, -0.15) is 5.10 Å². The summed E-state index contributed by atoms with van der Waals surface area (Å²) in [5.74, 6) is -0.223. The molecule has 0 fully saturated rings. The van der Waals surface area contributed by atoms with Crippen LogP contribution in [-0.2, 0) is 4.79 Å². The van der Waals surface area contributed by atoms with Crippen molar-refractivity contribution in [3.05, 3.63) is 53.6 Å². The van der Waals surface area contributed by atoms with Gasteiger partial charge in [-0.25, -0.2) is 13.9 Å². The zero-order valence-electron chi connectivity index (χ0n) is 16.0. The van der Waals surface area contributed by atoms with Crippen LogP contribution >= 0.6 is 0 Å². The van der Waals surface area contributed by atoms with Gasteiger partial charge in [0.15, 0.2) is 11.4 Å². The van der Waals surface area contributed by atoms with Crippen LogP contribution in [0.15, 0.2) is 36.7 Å². The molecule has 4 rings (SSSR count). The first-order chi connectivity index (χ1) is 14.0. The first kappa shape index (κ1) is 18.9. The van der Waals surface area contributed by atoms with Gasteiger partial charge in [-0.15, -0.1) is 0 Å². The number of nitrogens with zero attached hydrogens (tertiary/aromatic N) is 3. The molecular weight excluding hydrogens is 377 g/mol. The zero-order chi connectivity index (χ0) is 20.5. The van der Waals surface area contributed by atoms with Crippen LogP contribution < -0.4 is 15.4 Å². The van der Waals surface area contributed by atoms with E-state index in [0.717, 1.165) is 0 Å². The van der Waals surface area contributed by atoms with Crippen molar-refractivity contribution in [2.75, 3.05) is 11.9 Å². The first-order valence-corrected chi connectivity index (χ1v) is 9.34. The molecule has 9 heteroatoms. The van der Waals surface area contributed by atoms with Crippen molar-refractivity contribution in [1.29, 1.82) is 0 Å². The Kier molecular flexibility index (Phi) is 4.87. The summed E-state index contributed by atoms with van der Waals surface area (Å²) in [7, 11) is 0. The summed E-state index contributed by atoms with van der Waals surface area (Å²) in [5, 5.41) is 10.0. The van der Waals surface area contributed by atoms with E-state index in [1.165, 1.54) is 28.9 Å². The van der Waals surface area contributed by atoms with E-state index in [9.17, 15) is 14.0 Å². The number of carbonyl (C=O) groups is 2. The van der Waals surface area contributed by atoms with E-state index in [1.54, 1.807) is 26.1 Å². The van der Waals surface area contributed by atoms with Gasteiger partial charge in [-0.3, -0.25) is 9.59 Å². The molecule has 2 atom stereocenters. The summed E-state index contributed by atoms with van der Waals surface area (Å²) >= 11 is 0. The van der Waals surface area contributed by atoms with Gasteiger partial charge >= 0.3 is 0 Å². The van der Waals surface area contributed by atoms with Crippen LogP contribution in [0.2, 0.25) is 0 Å². The molecule has 1 aliphatic rings. The predicted octanol–water partition coefficient (Wildman–Crippen LogP) is 2.51. The van der Waals surface area contributed by atoms with Crippen molar-refractivity contribution in [2.45, 2.75) is 32.4 Å². The standard InChI is InChI=1S/C20H20FN5O3/c1-3-15(27)18-13-8-12(21)4-5-16(13)29-11(2)9-22-20(28)14-10-23-26-7-6-17(24-18)25-19(14)26/h4-8,10-11,18H,3,9H2,1-2H3,(H,22,28)(H,24,25)/t11-,18?/m0/s1. The van der Waals surface area contributed by atoms with Crippen LogP contribution in [0.3, 0.4) is 0 Å². The maximum atomic E-state index is 14.0. The third-order valence-corrected chi connectivity index (χ3v) is 4.74. The van der Waals surface area contributed by atoms with Gasteiger partial charge in [0.2, 0.25) is 0 Å². The molecule has 3 aromatic rings. The van der Waals surface area contributed by atoms with Crippen LogP contribution in [0.1, 0.15) is 42.2 Å². The Hall–Kier alpha value is -3.49. The van der Waals surface area contributed by atoms with E-state index < -0.39 is 18.0 Å². The van der Waals surface area contributed by atoms with Gasteiger partial charge < -0.3 is 15.4 Å². The van der Waals surface area contributed by atoms with Crippen LogP contribution in [0, 0.1) is 5.82 Å². The van der Waals surface area contributed by atoms with Crippen LogP contribution in [0.4, 0.5) is 10.2 Å². The van der Waals surface area contributed by atoms with Gasteiger partial charge in [0, 0.05) is 18.2 Å². The Morgan fingerprint density at radius 2 is 2.21 bits per heavy atom. The fourth-order valence-corrected chi connectivity index (χ4v) is 3.24. The molecule has 1 unspecified atom stereocenters. The number of amides is 1. The molecule has 0 saturated heterocycles. The Balaban J connectivity index is 1.88. The van der Waals surface area contributed by atoms with Gasteiger partial charge in [0.05, 0.1) is 12.7 Å². The fourth-order valence-electron chi connectivity index (χ4n) is 3.24. The monoisotopic (exact) mass is 397 g/mol. The Morgan fingerprint density at radius 1 is 1.38 bits per heavy atom. The normalized spacial score (nSPS) is 19.2. The fraction of sp³-hybridized carbons (Fsp3) is 0.300. The average molecular weight is 397 g/mol. The summed E-state index contributed by atoms with van der Waals surface area (Å²) < 4.78 is 21.5. The number of carbonyl (C=O) groups excluding carboxylic acids is 2. The number of halogens is 1. The summed E-state index contributed by atoms with van der Waals surface area (Å²) in [4.78, 5) is 29.8. The van der Waals surface area contributed by atoms with E-state index >= 15 is 0 Å². The van der Waals surface area contributed by atoms with E-state index in [4.69, 9.17) is 4.74 Å². The Morgan fingerprint density at radius 3 is 3.00 bits per heavy atom. The summed E-state index contributed by atoms with van der Waals surface area (Å²) in [5.41, 5.74) is 1.04. The molecule has 1 amide bonds. The lowest BCUT2D eigenvalue weighted by Crippen LogP contribution is -2.33. The Bertz CT molecular complexity index is 1100. The topological polar surface area (TPSA) is 97.6 Å². The quantitative estimate of drug-likeness (QED) is 0.690. The molecular formula is C20H20FN5O3. The highest BCUT2D eigenvalue weighted by Crippen LogP contribution is 2.31. The minimum Gasteiger partial charge on any atom is -0.488 e. The Labute approximate surface area is 166 Å². The second-order valence-corrected chi connectivity index (χ2v) is 6.86. The minimum absolute atomic E-state index is 0.146. The third-order valence-electron chi connectivity index (χ3n) is 4.74. The van der Waals surface area contributed by atoms with E-state index in [2.05, 4.69) is 20.7 Å². The number of rotatable bonds is 2. The average Bonchev–Trinajstić information content (AvgIpc) is 3.14. The molecule has 150 valence electrons. The van der Waals surface area contributed by atoms with Crippen LogP contribution in [-0.4, -0.2) is 38.9 Å². The smallest absolute Gasteiger partial charge is 0.256 e. The van der Waals surface area contributed by atoms with Gasteiger partial charge in [0.1, 0.15) is 35.1 Å². The molecule has 0 aliphatic carbocycles. The number of aromatic nitrogens is 3. The number of nitrogens with one attached hydrogen (secondary N) is 2. The predicted molar refractivity (Wildman–Crippen MR) is 103 cm³/mol. The summed E-state index contributed by atoms with van der Waals surface area (Å²) in [6.07, 6.45) is 2.90. The number of anilines is 1. The molecule has 0 saturated carbocycles. The first-order valence-electron chi connectivity index (χ1n) is 9.34. The summed E-state index contributed by atoms with van der Waals surface area (Å²) in [6.45, 7) is 3.73. The van der Waals surface area contributed by atoms with Crippen molar-refractivity contribution in [3.8, 4) is 5.75 Å². The van der Waals surface area contributed by atoms with Gasteiger partial charge in [-0.1, -0.05) is 6.92 Å². The molecule has 3 heterocycles. The number of hydrogen-bond acceptors (Lipinski definition) is 6. The number of Topliss-reactive ketones (excluding diaryl/α,β-unsaturated/α-hetero) is 1. The largest absolute Gasteiger partial charge is 0.488 e. The SMILES string of the molecule is CCC(=O)C1Nc2ccn3ncc(c3n2)C(=O)NC[C@H](C)Oc2ccc(F)cc21. The zero-order valence-corrected chi connectivity index (χ0v) is 16.0. The molecule has 29 heavy (non-hydrogen) atoms. The summed E-state index contributed by atoms with van der Waals surface area (Å²) in [6, 6.07) is 4.83. The maximum Gasteiger partial charge on any atom is 0.256 e. The van der Waals surface area contributed by atoms with Crippen molar-refractivity contribution in [1.82, 2.24) is 19.9 Å². The van der Waals surface area contributed by atoms with Crippen molar-refractivity contribution >= 4 is 23.2 Å². The van der Waals surface area contributed by atoms with Crippen molar-refractivity contribution in [3.63, 3.8) is 0 Å². The van der Waals surface area contributed by atoms with E-state index in [-0.39, 0.29) is 24.7 Å². The van der Waals surface area contributed by atoms with Crippen molar-refractivity contribution in [2.24, 2.45) is 0 Å². The molecule has 2 aromatic heterocycles. The van der Waals surface area contributed by atoms with Crippen LogP contribution in [0.5, 0.6) is 5.75 Å². The molecule has 8 nitrogen and oxygen atoms in total. The highest BCUT2D eigenvalue weighted by molar-refractivity contribution is 5.99. The number of hydrogen-bond donors (Lipinski definition) is 2. The van der Waals surface area contributed by atoms with E-state index in [1.807, 2.05) is 0 Å². The molecule has 1 aliphatic heterocycles. The third kappa shape index (κ3) is 3.63. The molecule has 2 bridgehead atoms. The lowest BCUT2D eigenvalue weighted by molar-refractivity contribution is -0.119. The number of ketones is 1. The maximum absolute atomic E-state index is 14.0. The number of ether oxygens (including phenoxy) is 1. The van der Waals surface area contributed by atoms with Crippen LogP contribution in [0.25, 0.3) is 5.65 Å². The lowest BCUT2D eigenvalue weighted by Gasteiger charge is -2.23. The molecule has 0 radical (unpaired) electrons. The van der Waals surface area contributed by atoms with Gasteiger partial charge in [0.25, 0.3) is 5.91 Å². The second kappa shape index (κ2) is 7.50. The lowest BCUT2D eigenvalue weighted by atomic mass is 9.99. The molecule has 2 N–H and O–H groups in total.